The van der Waals surface area contributed by atoms with Crippen LogP contribution in [0.3, 0.4) is 0 Å². The van der Waals surface area contributed by atoms with E-state index in [1.807, 2.05) is 23.1 Å². The molecule has 0 radical (unpaired) electrons. The second-order valence-corrected chi connectivity index (χ2v) is 5.42. The fraction of sp³-hybridized carbons (Fsp3) is 0.750. The summed E-state index contributed by atoms with van der Waals surface area (Å²) in [6, 6.07) is 2.42. The van der Waals surface area contributed by atoms with Gasteiger partial charge < -0.3 is 10.6 Å². The van der Waals surface area contributed by atoms with Crippen LogP contribution in [0.1, 0.15) is 52.9 Å². The van der Waals surface area contributed by atoms with Gasteiger partial charge in [0.25, 0.3) is 0 Å². The Bertz CT molecular complexity index is 372. The molecule has 0 aliphatic rings. The van der Waals surface area contributed by atoms with Gasteiger partial charge in [0, 0.05) is 38.1 Å². The van der Waals surface area contributed by atoms with E-state index in [1.165, 1.54) is 25.7 Å². The average molecular weight is 293 g/mol. The summed E-state index contributed by atoms with van der Waals surface area (Å²) in [6.45, 7) is 9.20. The maximum absolute atomic E-state index is 4.63. The quantitative estimate of drug-likeness (QED) is 0.396. The van der Waals surface area contributed by atoms with Gasteiger partial charge in [0.1, 0.15) is 0 Å². The number of aromatic nitrogens is 2. The van der Waals surface area contributed by atoms with Crippen molar-refractivity contribution >= 4 is 5.96 Å². The number of nitrogens with one attached hydrogen (secondary N) is 2. The van der Waals surface area contributed by atoms with E-state index < -0.39 is 0 Å². The van der Waals surface area contributed by atoms with Crippen LogP contribution in [0.5, 0.6) is 0 Å². The van der Waals surface area contributed by atoms with Crippen LogP contribution in [-0.2, 0) is 6.54 Å². The minimum Gasteiger partial charge on any atom is -0.357 e. The van der Waals surface area contributed by atoms with Crippen LogP contribution in [0.2, 0.25) is 0 Å². The second kappa shape index (κ2) is 11.2. The van der Waals surface area contributed by atoms with Gasteiger partial charge in [0.05, 0.1) is 0 Å². The van der Waals surface area contributed by atoms with Crippen LogP contribution in [0.15, 0.2) is 23.5 Å². The van der Waals surface area contributed by atoms with E-state index in [2.05, 4.69) is 41.5 Å². The molecule has 5 nitrogen and oxygen atoms in total. The molecule has 1 atom stereocenters. The van der Waals surface area contributed by atoms with Gasteiger partial charge in [-0.3, -0.25) is 9.67 Å². The van der Waals surface area contributed by atoms with Crippen molar-refractivity contribution in [2.24, 2.45) is 4.99 Å². The molecule has 120 valence electrons. The second-order valence-electron chi connectivity index (χ2n) is 5.42. The number of hydrogen-bond donors (Lipinski definition) is 2. The largest absolute Gasteiger partial charge is 0.357 e. The van der Waals surface area contributed by atoms with Gasteiger partial charge in [-0.1, -0.05) is 26.2 Å². The molecule has 5 heteroatoms. The van der Waals surface area contributed by atoms with Gasteiger partial charge in [-0.25, -0.2) is 0 Å². The Balaban J connectivity index is 2.27. The van der Waals surface area contributed by atoms with Crippen molar-refractivity contribution in [1.82, 2.24) is 20.4 Å². The minimum atomic E-state index is 0.473. The van der Waals surface area contributed by atoms with Crippen molar-refractivity contribution in [3.63, 3.8) is 0 Å². The Labute approximate surface area is 129 Å². The lowest BCUT2D eigenvalue weighted by Gasteiger charge is -2.17. The summed E-state index contributed by atoms with van der Waals surface area (Å²) in [7, 11) is 0. The molecule has 0 fully saturated rings. The molecule has 0 saturated carbocycles. The minimum absolute atomic E-state index is 0.473. The zero-order valence-electron chi connectivity index (χ0n) is 13.8. The van der Waals surface area contributed by atoms with Gasteiger partial charge in [0.15, 0.2) is 5.96 Å². The molecule has 21 heavy (non-hydrogen) atoms. The smallest absolute Gasteiger partial charge is 0.191 e. The predicted molar refractivity (Wildman–Crippen MR) is 89.6 cm³/mol. The van der Waals surface area contributed by atoms with E-state index in [4.69, 9.17) is 0 Å². The fourth-order valence-corrected chi connectivity index (χ4v) is 2.18. The van der Waals surface area contributed by atoms with E-state index in [0.29, 0.717) is 6.04 Å². The number of rotatable bonds is 10. The monoisotopic (exact) mass is 293 g/mol. The maximum Gasteiger partial charge on any atom is 0.191 e. The van der Waals surface area contributed by atoms with E-state index in [9.17, 15) is 0 Å². The van der Waals surface area contributed by atoms with Crippen LogP contribution in [0.25, 0.3) is 0 Å². The van der Waals surface area contributed by atoms with Gasteiger partial charge in [-0.2, -0.15) is 5.10 Å². The van der Waals surface area contributed by atoms with Crippen LogP contribution in [0, 0.1) is 0 Å². The zero-order valence-corrected chi connectivity index (χ0v) is 13.8. The van der Waals surface area contributed by atoms with Crippen LogP contribution in [0.4, 0.5) is 0 Å². The molecule has 1 aromatic heterocycles. The summed E-state index contributed by atoms with van der Waals surface area (Å²) in [4.78, 5) is 4.63. The van der Waals surface area contributed by atoms with Gasteiger partial charge >= 0.3 is 0 Å². The normalized spacial score (nSPS) is 13.2. The molecule has 1 unspecified atom stereocenters. The van der Waals surface area contributed by atoms with Crippen molar-refractivity contribution in [3.8, 4) is 0 Å². The number of aryl methyl sites for hydroxylation is 1. The van der Waals surface area contributed by atoms with Crippen LogP contribution in [-0.4, -0.2) is 34.9 Å². The van der Waals surface area contributed by atoms with Crippen LogP contribution < -0.4 is 10.6 Å². The molecule has 0 bridgehead atoms. The first-order valence-electron chi connectivity index (χ1n) is 8.28. The number of aliphatic imine (C=N–C) groups is 1. The van der Waals surface area contributed by atoms with E-state index >= 15 is 0 Å². The van der Waals surface area contributed by atoms with Gasteiger partial charge in [0.2, 0.25) is 0 Å². The lowest BCUT2D eigenvalue weighted by atomic mass is 10.1. The number of unbranched alkanes of at least 4 members (excludes halogenated alkanes) is 2. The molecule has 1 heterocycles. The van der Waals surface area contributed by atoms with Crippen molar-refractivity contribution in [1.29, 1.82) is 0 Å². The lowest BCUT2D eigenvalue weighted by molar-refractivity contribution is 0.544. The number of nitrogens with zero attached hydrogens (tertiary/aromatic N) is 3. The van der Waals surface area contributed by atoms with E-state index in [-0.39, 0.29) is 0 Å². The highest BCUT2D eigenvalue weighted by atomic mass is 15.3. The summed E-state index contributed by atoms with van der Waals surface area (Å²) < 4.78 is 1.95. The topological polar surface area (TPSA) is 54.2 Å². The molecule has 0 amide bonds. The molecule has 2 N–H and O–H groups in total. The Hall–Kier alpha value is -1.52. The third-order valence-corrected chi connectivity index (χ3v) is 3.34. The molecule has 0 saturated heterocycles. The molecular weight excluding hydrogens is 262 g/mol. The van der Waals surface area contributed by atoms with Crippen molar-refractivity contribution in [2.75, 3.05) is 13.1 Å². The third-order valence-electron chi connectivity index (χ3n) is 3.34. The Morgan fingerprint density at radius 3 is 2.81 bits per heavy atom. The molecular formula is C16H31N5. The molecule has 0 aliphatic carbocycles. The Morgan fingerprint density at radius 2 is 2.14 bits per heavy atom. The summed E-state index contributed by atoms with van der Waals surface area (Å²) in [5.41, 5.74) is 0. The van der Waals surface area contributed by atoms with E-state index in [1.54, 1.807) is 0 Å². The van der Waals surface area contributed by atoms with Crippen molar-refractivity contribution < 1.29 is 0 Å². The first kappa shape index (κ1) is 17.5. The average Bonchev–Trinajstić information content (AvgIpc) is 2.97. The molecule has 0 spiro atoms. The zero-order chi connectivity index (χ0) is 15.3. The standard InChI is InChI=1S/C16H31N5/c1-4-6-7-10-15(3)20-16(17-5-2)18-11-8-13-21-14-9-12-19-21/h9,12,14-15H,4-8,10-11,13H2,1-3H3,(H2,17,18,20). The maximum atomic E-state index is 4.63. The highest BCUT2D eigenvalue weighted by molar-refractivity contribution is 5.79. The molecule has 1 aromatic rings. The first-order valence-corrected chi connectivity index (χ1v) is 8.28. The molecule has 1 rings (SSSR count). The number of hydrogen-bond acceptors (Lipinski definition) is 2. The summed E-state index contributed by atoms with van der Waals surface area (Å²) in [6.07, 6.45) is 9.87. The fourth-order valence-electron chi connectivity index (χ4n) is 2.18. The Kier molecular flexibility index (Phi) is 9.33. The highest BCUT2D eigenvalue weighted by Gasteiger charge is 2.04. The summed E-state index contributed by atoms with van der Waals surface area (Å²) in [5.74, 6) is 0.932. The third kappa shape index (κ3) is 8.38. The molecule has 0 aliphatic heterocycles. The first-order chi connectivity index (χ1) is 10.3. The lowest BCUT2D eigenvalue weighted by Crippen LogP contribution is -2.42. The summed E-state index contributed by atoms with van der Waals surface area (Å²) in [5, 5.41) is 11.0. The van der Waals surface area contributed by atoms with Crippen molar-refractivity contribution in [2.45, 2.75) is 65.5 Å². The Morgan fingerprint density at radius 1 is 1.29 bits per heavy atom. The van der Waals surface area contributed by atoms with E-state index in [0.717, 1.165) is 32.0 Å². The summed E-state index contributed by atoms with van der Waals surface area (Å²) >= 11 is 0. The van der Waals surface area contributed by atoms with Crippen LogP contribution >= 0.6 is 0 Å². The highest BCUT2D eigenvalue weighted by Crippen LogP contribution is 2.02. The van der Waals surface area contributed by atoms with Crippen molar-refractivity contribution in [3.05, 3.63) is 18.5 Å². The van der Waals surface area contributed by atoms with Gasteiger partial charge in [-0.05, 0) is 32.8 Å². The van der Waals surface area contributed by atoms with Gasteiger partial charge in [-0.15, -0.1) is 0 Å². The number of guanidine groups is 1. The SMILES string of the molecule is CCCCCC(C)NC(=NCCCn1cccn1)NCC. The molecule has 0 aromatic carbocycles. The predicted octanol–water partition coefficient (Wildman–Crippen LogP) is 2.80.